The number of aliphatic hydroxyl groups excluding tert-OH is 1. The number of anilines is 1. The van der Waals surface area contributed by atoms with Crippen molar-refractivity contribution in [1.82, 2.24) is 10.3 Å². The van der Waals surface area contributed by atoms with Crippen LogP contribution in [0, 0.1) is 5.41 Å². The highest BCUT2D eigenvalue weighted by Gasteiger charge is 2.32. The van der Waals surface area contributed by atoms with Crippen LogP contribution < -0.4 is 16.4 Å². The first-order valence-electron chi connectivity index (χ1n) is 7.89. The Hall–Kier alpha value is -2.68. The summed E-state index contributed by atoms with van der Waals surface area (Å²) in [5.74, 6) is -0.407. The lowest BCUT2D eigenvalue weighted by molar-refractivity contribution is -0.112. The first-order valence-corrected chi connectivity index (χ1v) is 8.70. The van der Waals surface area contributed by atoms with Gasteiger partial charge in [-0.05, 0) is 25.5 Å². The number of fused-ring (bicyclic) bond motifs is 1. The number of aromatic nitrogens is 1. The zero-order chi connectivity index (χ0) is 19.0. The zero-order valence-electron chi connectivity index (χ0n) is 14.4. The van der Waals surface area contributed by atoms with Gasteiger partial charge in [0.2, 0.25) is 0 Å². The van der Waals surface area contributed by atoms with Gasteiger partial charge in [-0.25, -0.2) is 0 Å². The number of nitrogens with two attached hydrogens (primary N) is 1. The van der Waals surface area contributed by atoms with Gasteiger partial charge in [-0.3, -0.25) is 15.2 Å². The standard InChI is InChI=1S/C18H19N5O2S/c1-4-10(8(2)3)12-7-22-18(26-12)13-14(19)15-11(23-17(13)25)5-9(6-21-15)16(20)24/h4-7,16,19,22,24H,2,20H2,1,3H3,(H,23,25)/b10-4+,18-13-,19-14?. The average molecular weight is 369 g/mol. The van der Waals surface area contributed by atoms with Crippen LogP contribution in [0.3, 0.4) is 0 Å². The van der Waals surface area contributed by atoms with Crippen LogP contribution in [0.5, 0.6) is 0 Å². The fourth-order valence-corrected chi connectivity index (χ4v) is 3.88. The summed E-state index contributed by atoms with van der Waals surface area (Å²) in [7, 11) is 0. The highest BCUT2D eigenvalue weighted by Crippen LogP contribution is 2.40. The highest BCUT2D eigenvalue weighted by atomic mass is 32.2. The highest BCUT2D eigenvalue weighted by molar-refractivity contribution is 8.07. The number of allylic oxidation sites excluding steroid dienone is 3. The molecule has 2 aliphatic rings. The number of aliphatic hydroxyl groups is 1. The van der Waals surface area contributed by atoms with Crippen molar-refractivity contribution in [3.63, 3.8) is 0 Å². The van der Waals surface area contributed by atoms with Crippen molar-refractivity contribution < 1.29 is 9.90 Å². The molecule has 6 N–H and O–H groups in total. The Morgan fingerprint density at radius 2 is 2.27 bits per heavy atom. The van der Waals surface area contributed by atoms with Crippen LogP contribution in [0.15, 0.2) is 57.8 Å². The van der Waals surface area contributed by atoms with Gasteiger partial charge < -0.3 is 21.5 Å². The summed E-state index contributed by atoms with van der Waals surface area (Å²) >= 11 is 1.38. The molecule has 8 heteroatoms. The second-order valence-electron chi connectivity index (χ2n) is 5.88. The molecular formula is C18H19N5O2S. The van der Waals surface area contributed by atoms with Gasteiger partial charge in [0.05, 0.1) is 22.0 Å². The molecule has 0 saturated heterocycles. The number of hydrogen-bond donors (Lipinski definition) is 5. The number of rotatable bonds is 3. The monoisotopic (exact) mass is 369 g/mol. The molecule has 3 rings (SSSR count). The second-order valence-corrected chi connectivity index (χ2v) is 6.93. The van der Waals surface area contributed by atoms with Crippen molar-refractivity contribution in [1.29, 1.82) is 5.41 Å². The lowest BCUT2D eigenvalue weighted by Crippen LogP contribution is -2.31. The van der Waals surface area contributed by atoms with Gasteiger partial charge >= 0.3 is 0 Å². The second kappa shape index (κ2) is 6.91. The minimum Gasteiger partial charge on any atom is -0.374 e. The molecule has 3 heterocycles. The van der Waals surface area contributed by atoms with Crippen molar-refractivity contribution in [2.24, 2.45) is 5.73 Å². The quantitative estimate of drug-likeness (QED) is 0.316. The van der Waals surface area contributed by atoms with Crippen molar-refractivity contribution in [3.8, 4) is 0 Å². The maximum Gasteiger partial charge on any atom is 0.260 e. The van der Waals surface area contributed by atoms with E-state index in [-0.39, 0.29) is 11.3 Å². The van der Waals surface area contributed by atoms with Crippen LogP contribution in [-0.4, -0.2) is 21.7 Å². The van der Waals surface area contributed by atoms with Gasteiger partial charge in [-0.1, -0.05) is 30.0 Å². The van der Waals surface area contributed by atoms with E-state index in [0.717, 1.165) is 16.1 Å². The van der Waals surface area contributed by atoms with Crippen molar-refractivity contribution in [2.75, 3.05) is 5.32 Å². The van der Waals surface area contributed by atoms with E-state index in [1.807, 2.05) is 19.9 Å². The topological polar surface area (TPSA) is 124 Å². The molecular weight excluding hydrogens is 350 g/mol. The third-order valence-electron chi connectivity index (χ3n) is 4.00. The van der Waals surface area contributed by atoms with Gasteiger partial charge in [0.25, 0.3) is 5.91 Å². The normalized spacial score (nSPS) is 20.9. The fraction of sp³-hybridized carbons (Fsp3) is 0.167. The van der Waals surface area contributed by atoms with Gasteiger partial charge in [-0.15, -0.1) is 0 Å². The van der Waals surface area contributed by atoms with Crippen molar-refractivity contribution in [2.45, 2.75) is 20.1 Å². The molecule has 0 bridgehead atoms. The first kappa shape index (κ1) is 18.1. The fourth-order valence-electron chi connectivity index (χ4n) is 2.73. The van der Waals surface area contributed by atoms with Gasteiger partial charge in [0, 0.05) is 22.9 Å². The molecule has 2 aliphatic heterocycles. The molecule has 26 heavy (non-hydrogen) atoms. The first-order chi connectivity index (χ1) is 12.3. The summed E-state index contributed by atoms with van der Waals surface area (Å²) in [4.78, 5) is 17.7. The molecule has 0 fully saturated rings. The summed E-state index contributed by atoms with van der Waals surface area (Å²) in [6.45, 7) is 7.81. The summed E-state index contributed by atoms with van der Waals surface area (Å²) in [5, 5.41) is 24.2. The van der Waals surface area contributed by atoms with E-state index in [1.54, 1.807) is 6.20 Å². The van der Waals surface area contributed by atoms with E-state index in [1.165, 1.54) is 24.0 Å². The van der Waals surface area contributed by atoms with Gasteiger partial charge in [0.15, 0.2) is 0 Å². The van der Waals surface area contributed by atoms with E-state index in [0.29, 0.717) is 22.0 Å². The summed E-state index contributed by atoms with van der Waals surface area (Å²) in [5.41, 5.74) is 8.63. The number of nitrogens with zero attached hydrogens (tertiary/aromatic N) is 1. The molecule has 0 radical (unpaired) electrons. The van der Waals surface area contributed by atoms with E-state index in [9.17, 15) is 9.90 Å². The molecule has 134 valence electrons. The Morgan fingerprint density at radius 3 is 2.88 bits per heavy atom. The number of carbonyl (C=O) groups excluding carboxylic acids is 1. The number of pyridine rings is 1. The number of hydrogen-bond acceptors (Lipinski definition) is 7. The Labute approximate surface area is 155 Å². The Balaban J connectivity index is 1.96. The number of amides is 1. The van der Waals surface area contributed by atoms with Crippen molar-refractivity contribution in [3.05, 3.63) is 69.0 Å². The van der Waals surface area contributed by atoms with Crippen LogP contribution in [0.2, 0.25) is 0 Å². The molecule has 7 nitrogen and oxygen atoms in total. The molecule has 0 spiro atoms. The molecule has 1 aromatic rings. The van der Waals surface area contributed by atoms with E-state index in [4.69, 9.17) is 11.1 Å². The Bertz CT molecular complexity index is 928. The minimum atomic E-state index is -1.20. The lowest BCUT2D eigenvalue weighted by Gasteiger charge is -2.21. The number of carbonyl (C=O) groups is 1. The smallest absolute Gasteiger partial charge is 0.260 e. The van der Waals surface area contributed by atoms with Crippen LogP contribution in [-0.2, 0) is 4.79 Å². The predicted octanol–water partition coefficient (Wildman–Crippen LogP) is 2.26. The molecule has 0 aromatic carbocycles. The van der Waals surface area contributed by atoms with Gasteiger partial charge in [-0.2, -0.15) is 0 Å². The third kappa shape index (κ3) is 3.10. The van der Waals surface area contributed by atoms with E-state index >= 15 is 0 Å². The molecule has 1 aromatic heterocycles. The number of nitrogens with one attached hydrogen (secondary N) is 3. The Kier molecular flexibility index (Phi) is 4.82. The molecule has 0 aliphatic carbocycles. The maximum absolute atomic E-state index is 12.6. The third-order valence-corrected chi connectivity index (χ3v) is 5.08. The number of thioether (sulfide) groups is 1. The Morgan fingerprint density at radius 1 is 1.54 bits per heavy atom. The van der Waals surface area contributed by atoms with Gasteiger partial charge in [0.1, 0.15) is 11.9 Å². The average Bonchev–Trinajstić information content (AvgIpc) is 3.03. The summed E-state index contributed by atoms with van der Waals surface area (Å²) < 4.78 is 0. The van der Waals surface area contributed by atoms with Crippen LogP contribution >= 0.6 is 11.8 Å². The summed E-state index contributed by atoms with van der Waals surface area (Å²) in [6, 6.07) is 1.53. The maximum atomic E-state index is 12.6. The minimum absolute atomic E-state index is 0.0174. The largest absolute Gasteiger partial charge is 0.374 e. The van der Waals surface area contributed by atoms with E-state index in [2.05, 4.69) is 22.2 Å². The predicted molar refractivity (Wildman–Crippen MR) is 103 cm³/mol. The SMILES string of the molecule is C=C(C)/C(=C\C)C1=CN/C(=C2\C(=N)c3ncc(C(N)O)cc3NC2=O)S1. The zero-order valence-corrected chi connectivity index (χ0v) is 15.2. The lowest BCUT2D eigenvalue weighted by atomic mass is 10.0. The van der Waals surface area contributed by atoms with Crippen LogP contribution in [0.4, 0.5) is 5.69 Å². The molecule has 0 saturated carbocycles. The molecule has 1 atom stereocenters. The molecule has 1 amide bonds. The van der Waals surface area contributed by atoms with Crippen LogP contribution in [0.1, 0.15) is 31.3 Å². The van der Waals surface area contributed by atoms with Crippen LogP contribution in [0.25, 0.3) is 0 Å². The summed E-state index contributed by atoms with van der Waals surface area (Å²) in [6.07, 6.45) is 3.96. The molecule has 1 unspecified atom stereocenters. The van der Waals surface area contributed by atoms with E-state index < -0.39 is 12.1 Å². The van der Waals surface area contributed by atoms with Crippen molar-refractivity contribution >= 4 is 29.1 Å².